The van der Waals surface area contributed by atoms with Crippen molar-refractivity contribution in [3.63, 3.8) is 0 Å². The standard InChI is InChI=1S/C7H13NO2/c1-6(9-2)4-7(5-8)10-3/h6-7H,4H2,1-3H3. The third-order valence-corrected chi connectivity index (χ3v) is 1.38. The van der Waals surface area contributed by atoms with E-state index >= 15 is 0 Å². The highest BCUT2D eigenvalue weighted by Crippen LogP contribution is 2.02. The van der Waals surface area contributed by atoms with Crippen LogP contribution in [0.2, 0.25) is 0 Å². The van der Waals surface area contributed by atoms with Crippen molar-refractivity contribution in [3.8, 4) is 6.07 Å². The number of hydrogen-bond acceptors (Lipinski definition) is 3. The molecule has 0 saturated heterocycles. The van der Waals surface area contributed by atoms with Crippen LogP contribution in [0.4, 0.5) is 0 Å². The number of rotatable bonds is 4. The third kappa shape index (κ3) is 3.44. The van der Waals surface area contributed by atoms with Gasteiger partial charge in [0, 0.05) is 20.6 Å². The second-order valence-electron chi connectivity index (χ2n) is 2.14. The van der Waals surface area contributed by atoms with Gasteiger partial charge in [-0.05, 0) is 6.92 Å². The fraction of sp³-hybridized carbons (Fsp3) is 0.857. The predicted molar refractivity (Wildman–Crippen MR) is 37.5 cm³/mol. The highest BCUT2D eigenvalue weighted by molar-refractivity contribution is 4.84. The molecule has 10 heavy (non-hydrogen) atoms. The van der Waals surface area contributed by atoms with E-state index in [2.05, 4.69) is 0 Å². The van der Waals surface area contributed by atoms with Crippen LogP contribution in [0.1, 0.15) is 13.3 Å². The average molecular weight is 143 g/mol. The molecule has 2 unspecified atom stereocenters. The summed E-state index contributed by atoms with van der Waals surface area (Å²) in [6.45, 7) is 1.91. The zero-order chi connectivity index (χ0) is 7.98. The van der Waals surface area contributed by atoms with Crippen LogP contribution in [-0.4, -0.2) is 26.4 Å². The lowest BCUT2D eigenvalue weighted by atomic mass is 10.2. The van der Waals surface area contributed by atoms with Crippen LogP contribution in [0.3, 0.4) is 0 Å². The van der Waals surface area contributed by atoms with Crippen molar-refractivity contribution in [2.24, 2.45) is 0 Å². The monoisotopic (exact) mass is 143 g/mol. The van der Waals surface area contributed by atoms with E-state index in [1.165, 1.54) is 7.11 Å². The van der Waals surface area contributed by atoms with E-state index in [0.717, 1.165) is 0 Å². The molecular weight excluding hydrogens is 130 g/mol. The van der Waals surface area contributed by atoms with Gasteiger partial charge >= 0.3 is 0 Å². The first-order chi connectivity index (χ1) is 4.74. The maximum Gasteiger partial charge on any atom is 0.146 e. The molecular formula is C7H13NO2. The van der Waals surface area contributed by atoms with E-state index in [0.29, 0.717) is 6.42 Å². The van der Waals surface area contributed by atoms with E-state index in [4.69, 9.17) is 14.7 Å². The van der Waals surface area contributed by atoms with Gasteiger partial charge in [-0.2, -0.15) is 5.26 Å². The molecule has 0 aromatic heterocycles. The van der Waals surface area contributed by atoms with Crippen molar-refractivity contribution >= 4 is 0 Å². The van der Waals surface area contributed by atoms with Gasteiger partial charge in [-0.25, -0.2) is 0 Å². The molecule has 0 bridgehead atoms. The van der Waals surface area contributed by atoms with Gasteiger partial charge in [-0.1, -0.05) is 0 Å². The molecule has 0 fully saturated rings. The SMILES string of the molecule is COC(C)CC(C#N)OC. The van der Waals surface area contributed by atoms with Gasteiger partial charge < -0.3 is 9.47 Å². The molecule has 0 saturated carbocycles. The van der Waals surface area contributed by atoms with E-state index in [-0.39, 0.29) is 12.2 Å². The van der Waals surface area contributed by atoms with Gasteiger partial charge in [0.1, 0.15) is 6.10 Å². The molecule has 0 aliphatic heterocycles. The molecule has 58 valence electrons. The molecule has 2 atom stereocenters. The third-order valence-electron chi connectivity index (χ3n) is 1.38. The minimum absolute atomic E-state index is 0.0876. The maximum atomic E-state index is 8.44. The van der Waals surface area contributed by atoms with Crippen molar-refractivity contribution in [2.45, 2.75) is 25.6 Å². The highest BCUT2D eigenvalue weighted by Gasteiger charge is 2.09. The van der Waals surface area contributed by atoms with Crippen LogP contribution in [0.25, 0.3) is 0 Å². The molecule has 0 aliphatic carbocycles. The van der Waals surface area contributed by atoms with Crippen molar-refractivity contribution in [3.05, 3.63) is 0 Å². The van der Waals surface area contributed by atoms with Crippen molar-refractivity contribution in [2.75, 3.05) is 14.2 Å². The van der Waals surface area contributed by atoms with Crippen molar-refractivity contribution < 1.29 is 9.47 Å². The van der Waals surface area contributed by atoms with E-state index in [1.54, 1.807) is 7.11 Å². The molecule has 0 N–H and O–H groups in total. The molecule has 0 aromatic rings. The lowest BCUT2D eigenvalue weighted by molar-refractivity contribution is 0.0548. The first-order valence-corrected chi connectivity index (χ1v) is 3.19. The summed E-state index contributed by atoms with van der Waals surface area (Å²) in [6, 6.07) is 2.01. The number of ether oxygens (including phenoxy) is 2. The van der Waals surface area contributed by atoms with Crippen LogP contribution < -0.4 is 0 Å². The molecule has 3 nitrogen and oxygen atoms in total. The zero-order valence-corrected chi connectivity index (χ0v) is 6.63. The molecule has 0 aromatic carbocycles. The van der Waals surface area contributed by atoms with Gasteiger partial charge in [0.2, 0.25) is 0 Å². The second kappa shape index (κ2) is 5.21. The summed E-state index contributed by atoms with van der Waals surface area (Å²) in [4.78, 5) is 0. The number of nitrogens with zero attached hydrogens (tertiary/aromatic N) is 1. The normalized spacial score (nSPS) is 15.8. The molecule has 0 radical (unpaired) electrons. The molecule has 0 amide bonds. The first-order valence-electron chi connectivity index (χ1n) is 3.19. The topological polar surface area (TPSA) is 42.2 Å². The Morgan fingerprint density at radius 2 is 2.00 bits per heavy atom. The average Bonchev–Trinajstić information content (AvgIpc) is 1.99. The van der Waals surface area contributed by atoms with Crippen LogP contribution >= 0.6 is 0 Å². The van der Waals surface area contributed by atoms with Crippen LogP contribution in [0.15, 0.2) is 0 Å². The van der Waals surface area contributed by atoms with Gasteiger partial charge in [0.05, 0.1) is 12.2 Å². The lowest BCUT2D eigenvalue weighted by Crippen LogP contribution is -2.17. The van der Waals surface area contributed by atoms with E-state index in [1.807, 2.05) is 13.0 Å². The summed E-state index contributed by atoms with van der Waals surface area (Å²) >= 11 is 0. The first kappa shape index (κ1) is 9.41. The van der Waals surface area contributed by atoms with Crippen molar-refractivity contribution in [1.82, 2.24) is 0 Å². The lowest BCUT2D eigenvalue weighted by Gasteiger charge is -2.11. The van der Waals surface area contributed by atoms with Gasteiger partial charge in [0.15, 0.2) is 0 Å². The van der Waals surface area contributed by atoms with E-state index < -0.39 is 0 Å². The van der Waals surface area contributed by atoms with E-state index in [9.17, 15) is 0 Å². The Morgan fingerprint density at radius 1 is 1.40 bits per heavy atom. The van der Waals surface area contributed by atoms with Crippen LogP contribution in [0, 0.1) is 11.3 Å². The smallest absolute Gasteiger partial charge is 0.146 e. The summed E-state index contributed by atoms with van der Waals surface area (Å²) in [7, 11) is 3.14. The summed E-state index contributed by atoms with van der Waals surface area (Å²) in [5.74, 6) is 0. The Balaban J connectivity index is 3.54. The molecule has 0 heterocycles. The molecule has 0 rings (SSSR count). The molecule has 0 spiro atoms. The molecule has 0 aliphatic rings. The Labute approximate surface area is 61.5 Å². The summed E-state index contributed by atoms with van der Waals surface area (Å²) < 4.78 is 9.78. The van der Waals surface area contributed by atoms with Gasteiger partial charge in [-0.15, -0.1) is 0 Å². The Kier molecular flexibility index (Phi) is 4.91. The fourth-order valence-electron chi connectivity index (χ4n) is 0.599. The fourth-order valence-corrected chi connectivity index (χ4v) is 0.599. The van der Waals surface area contributed by atoms with Gasteiger partial charge in [0.25, 0.3) is 0 Å². The Morgan fingerprint density at radius 3 is 2.30 bits per heavy atom. The number of nitriles is 1. The minimum Gasteiger partial charge on any atom is -0.382 e. The number of hydrogen-bond donors (Lipinski definition) is 0. The predicted octanol–water partition coefficient (Wildman–Crippen LogP) is 0.950. The highest BCUT2D eigenvalue weighted by atomic mass is 16.5. The van der Waals surface area contributed by atoms with Crippen LogP contribution in [-0.2, 0) is 9.47 Å². The van der Waals surface area contributed by atoms with Gasteiger partial charge in [-0.3, -0.25) is 0 Å². The summed E-state index contributed by atoms with van der Waals surface area (Å²) in [5.41, 5.74) is 0. The Hall–Kier alpha value is -0.590. The summed E-state index contributed by atoms with van der Waals surface area (Å²) in [6.07, 6.45) is 0.378. The molecule has 3 heteroatoms. The number of methoxy groups -OCH3 is 2. The van der Waals surface area contributed by atoms with Crippen molar-refractivity contribution in [1.29, 1.82) is 5.26 Å². The van der Waals surface area contributed by atoms with Crippen LogP contribution in [0.5, 0.6) is 0 Å². The minimum atomic E-state index is -0.338. The maximum absolute atomic E-state index is 8.44. The quantitative estimate of drug-likeness (QED) is 0.588. The largest absolute Gasteiger partial charge is 0.382 e. The Bertz CT molecular complexity index is 119. The zero-order valence-electron chi connectivity index (χ0n) is 6.63. The summed E-state index contributed by atoms with van der Waals surface area (Å²) in [5, 5.41) is 8.44. The second-order valence-corrected chi connectivity index (χ2v) is 2.14.